The first kappa shape index (κ1) is 15.6. The molecule has 0 saturated heterocycles. The maximum absolute atomic E-state index is 13.9. The second-order valence-corrected chi connectivity index (χ2v) is 4.83. The molecule has 2 unspecified atom stereocenters. The van der Waals surface area contributed by atoms with E-state index >= 15 is 0 Å². The van der Waals surface area contributed by atoms with Crippen molar-refractivity contribution < 1.29 is 13.9 Å². The van der Waals surface area contributed by atoms with Crippen LogP contribution in [0.15, 0.2) is 24.5 Å². The normalized spacial score (nSPS) is 13.8. The van der Waals surface area contributed by atoms with E-state index in [-0.39, 0.29) is 5.92 Å². The van der Waals surface area contributed by atoms with Crippen LogP contribution in [-0.2, 0) is 4.79 Å². The summed E-state index contributed by atoms with van der Waals surface area (Å²) >= 11 is 0. The predicted molar refractivity (Wildman–Crippen MR) is 72.7 cm³/mol. The summed E-state index contributed by atoms with van der Waals surface area (Å²) in [6.07, 6.45) is 6.52. The van der Waals surface area contributed by atoms with Crippen molar-refractivity contribution in [1.29, 1.82) is 0 Å². The van der Waals surface area contributed by atoms with Crippen molar-refractivity contribution in [3.63, 3.8) is 0 Å². The van der Waals surface area contributed by atoms with Gasteiger partial charge >= 0.3 is 5.97 Å². The molecule has 0 bridgehead atoms. The highest BCUT2D eigenvalue weighted by Gasteiger charge is 2.26. The first-order chi connectivity index (χ1) is 9.15. The Morgan fingerprint density at radius 1 is 1.32 bits per heavy atom. The van der Waals surface area contributed by atoms with Crippen molar-refractivity contribution in [2.24, 2.45) is 5.92 Å². The molecule has 2 atom stereocenters. The van der Waals surface area contributed by atoms with E-state index in [9.17, 15) is 9.18 Å². The fourth-order valence-electron chi connectivity index (χ4n) is 1.85. The van der Waals surface area contributed by atoms with Gasteiger partial charge in [-0.2, -0.15) is 0 Å². The molecular formula is C15H22FNO2. The molecule has 0 N–H and O–H groups in total. The van der Waals surface area contributed by atoms with Gasteiger partial charge in [-0.1, -0.05) is 39.5 Å². The fourth-order valence-corrected chi connectivity index (χ4v) is 1.85. The van der Waals surface area contributed by atoms with Gasteiger partial charge in [-0.15, -0.1) is 0 Å². The van der Waals surface area contributed by atoms with Crippen LogP contribution in [0.25, 0.3) is 0 Å². The number of nitrogens with zero attached hydrogens (tertiary/aromatic N) is 1. The standard InChI is InChI=1S/C15H22FNO2/c1-3-4-5-6-7-12(2)14(16)15(18)19-13-8-10-17-11-9-13/h8-12,14H,3-7H2,1-2H3. The van der Waals surface area contributed by atoms with E-state index in [2.05, 4.69) is 11.9 Å². The summed E-state index contributed by atoms with van der Waals surface area (Å²) in [6.45, 7) is 3.89. The quantitative estimate of drug-likeness (QED) is 0.529. The number of aromatic nitrogens is 1. The van der Waals surface area contributed by atoms with Crippen molar-refractivity contribution >= 4 is 5.97 Å². The molecule has 0 fully saturated rings. The molecule has 106 valence electrons. The van der Waals surface area contributed by atoms with Crippen LogP contribution in [0.4, 0.5) is 4.39 Å². The molecule has 0 radical (unpaired) electrons. The van der Waals surface area contributed by atoms with Gasteiger partial charge in [-0.25, -0.2) is 9.18 Å². The molecule has 1 aromatic rings. The number of halogens is 1. The highest BCUT2D eigenvalue weighted by molar-refractivity contribution is 5.77. The van der Waals surface area contributed by atoms with Crippen LogP contribution in [0.1, 0.15) is 46.0 Å². The molecule has 0 saturated carbocycles. The van der Waals surface area contributed by atoms with E-state index in [1.165, 1.54) is 24.5 Å². The summed E-state index contributed by atoms with van der Waals surface area (Å²) < 4.78 is 18.9. The van der Waals surface area contributed by atoms with Crippen LogP contribution in [0.5, 0.6) is 5.75 Å². The van der Waals surface area contributed by atoms with Gasteiger partial charge in [0.1, 0.15) is 5.75 Å². The van der Waals surface area contributed by atoms with Crippen LogP contribution in [-0.4, -0.2) is 17.1 Å². The van der Waals surface area contributed by atoms with Gasteiger partial charge in [-0.3, -0.25) is 4.98 Å². The Morgan fingerprint density at radius 2 is 2.00 bits per heavy atom. The summed E-state index contributed by atoms with van der Waals surface area (Å²) in [4.78, 5) is 15.4. The third-order valence-corrected chi connectivity index (χ3v) is 3.11. The number of carbonyl (C=O) groups is 1. The van der Waals surface area contributed by atoms with E-state index in [4.69, 9.17) is 4.74 Å². The average molecular weight is 267 g/mol. The van der Waals surface area contributed by atoms with Crippen LogP contribution in [0.3, 0.4) is 0 Å². The topological polar surface area (TPSA) is 39.2 Å². The summed E-state index contributed by atoms with van der Waals surface area (Å²) in [5.74, 6) is -0.777. The van der Waals surface area contributed by atoms with Gasteiger partial charge in [0.15, 0.2) is 6.17 Å². The Bertz CT molecular complexity index is 370. The largest absolute Gasteiger partial charge is 0.424 e. The van der Waals surface area contributed by atoms with Gasteiger partial charge < -0.3 is 4.74 Å². The monoisotopic (exact) mass is 267 g/mol. The van der Waals surface area contributed by atoms with Gasteiger partial charge in [0.05, 0.1) is 0 Å². The lowest BCUT2D eigenvalue weighted by Gasteiger charge is -2.15. The molecule has 0 aromatic carbocycles. The minimum Gasteiger partial charge on any atom is -0.424 e. The molecule has 19 heavy (non-hydrogen) atoms. The Kier molecular flexibility index (Phi) is 7.08. The number of unbranched alkanes of at least 4 members (excludes halogenated alkanes) is 3. The van der Waals surface area contributed by atoms with Gasteiger partial charge in [0, 0.05) is 12.4 Å². The molecule has 4 heteroatoms. The number of hydrogen-bond donors (Lipinski definition) is 0. The van der Waals surface area contributed by atoms with Crippen LogP contribution < -0.4 is 4.74 Å². The van der Waals surface area contributed by atoms with Crippen molar-refractivity contribution in [3.8, 4) is 5.75 Å². The molecule has 1 aromatic heterocycles. The van der Waals surface area contributed by atoms with E-state index in [1.54, 1.807) is 6.92 Å². The Hall–Kier alpha value is -1.45. The van der Waals surface area contributed by atoms with Crippen molar-refractivity contribution in [2.75, 3.05) is 0 Å². The lowest BCUT2D eigenvalue weighted by molar-refractivity contribution is -0.141. The minimum atomic E-state index is -1.56. The average Bonchev–Trinajstić information content (AvgIpc) is 2.43. The second kappa shape index (κ2) is 8.62. The number of ether oxygens (including phenoxy) is 1. The predicted octanol–water partition coefficient (Wildman–Crippen LogP) is 3.93. The number of alkyl halides is 1. The minimum absolute atomic E-state index is 0.300. The zero-order valence-corrected chi connectivity index (χ0v) is 11.6. The molecule has 0 aliphatic rings. The van der Waals surface area contributed by atoms with Crippen LogP contribution in [0.2, 0.25) is 0 Å². The molecule has 0 amide bonds. The number of esters is 1. The highest BCUT2D eigenvalue weighted by Crippen LogP contribution is 2.19. The summed E-state index contributed by atoms with van der Waals surface area (Å²) in [6, 6.07) is 3.08. The van der Waals surface area contributed by atoms with Gasteiger partial charge in [0.25, 0.3) is 0 Å². The van der Waals surface area contributed by atoms with Crippen LogP contribution >= 0.6 is 0 Å². The number of rotatable bonds is 8. The van der Waals surface area contributed by atoms with Gasteiger partial charge in [0.2, 0.25) is 0 Å². The third-order valence-electron chi connectivity index (χ3n) is 3.11. The smallest absolute Gasteiger partial charge is 0.346 e. The first-order valence-corrected chi connectivity index (χ1v) is 6.91. The first-order valence-electron chi connectivity index (χ1n) is 6.91. The van der Waals surface area contributed by atoms with Crippen molar-refractivity contribution in [3.05, 3.63) is 24.5 Å². The van der Waals surface area contributed by atoms with Crippen LogP contribution in [0, 0.1) is 5.92 Å². The van der Waals surface area contributed by atoms with E-state index in [1.807, 2.05) is 0 Å². The Morgan fingerprint density at radius 3 is 2.63 bits per heavy atom. The maximum Gasteiger partial charge on any atom is 0.346 e. The molecule has 1 rings (SSSR count). The zero-order valence-electron chi connectivity index (χ0n) is 11.6. The molecule has 0 aliphatic carbocycles. The van der Waals surface area contributed by atoms with Crippen molar-refractivity contribution in [1.82, 2.24) is 4.98 Å². The molecule has 3 nitrogen and oxygen atoms in total. The van der Waals surface area contributed by atoms with Gasteiger partial charge in [-0.05, 0) is 24.5 Å². The summed E-state index contributed by atoms with van der Waals surface area (Å²) in [7, 11) is 0. The summed E-state index contributed by atoms with van der Waals surface area (Å²) in [5, 5.41) is 0. The number of carbonyl (C=O) groups excluding carboxylic acids is 1. The number of pyridine rings is 1. The Labute approximate surface area is 114 Å². The molecule has 0 aliphatic heterocycles. The highest BCUT2D eigenvalue weighted by atomic mass is 19.1. The van der Waals surface area contributed by atoms with E-state index in [0.29, 0.717) is 12.2 Å². The summed E-state index contributed by atoms with van der Waals surface area (Å²) in [5.41, 5.74) is 0. The maximum atomic E-state index is 13.9. The molecular weight excluding hydrogens is 245 g/mol. The number of hydrogen-bond acceptors (Lipinski definition) is 3. The Balaban J connectivity index is 2.35. The van der Waals surface area contributed by atoms with E-state index in [0.717, 1.165) is 25.7 Å². The van der Waals surface area contributed by atoms with E-state index < -0.39 is 12.1 Å². The lowest BCUT2D eigenvalue weighted by atomic mass is 9.98. The second-order valence-electron chi connectivity index (χ2n) is 4.83. The fraction of sp³-hybridized carbons (Fsp3) is 0.600. The lowest BCUT2D eigenvalue weighted by Crippen LogP contribution is -2.28. The zero-order chi connectivity index (χ0) is 14.1. The van der Waals surface area contributed by atoms with Crippen molar-refractivity contribution in [2.45, 2.75) is 52.1 Å². The molecule has 0 spiro atoms. The molecule has 1 heterocycles. The third kappa shape index (κ3) is 5.81. The SMILES string of the molecule is CCCCCCC(C)C(F)C(=O)Oc1ccncc1.